The smallest absolute Gasteiger partial charge is 0.249 e. The van der Waals surface area contributed by atoms with Crippen LogP contribution in [-0.4, -0.2) is 58.5 Å². The van der Waals surface area contributed by atoms with Crippen molar-refractivity contribution >= 4 is 40.3 Å². The summed E-state index contributed by atoms with van der Waals surface area (Å²) in [6.07, 6.45) is 25.5. The van der Waals surface area contributed by atoms with Crippen molar-refractivity contribution in [2.45, 2.75) is 229 Å². The van der Waals surface area contributed by atoms with E-state index in [1.165, 1.54) is 64.2 Å². The topological polar surface area (TPSA) is 102 Å². The first-order valence-electron chi connectivity index (χ1n) is 26.9. The molecule has 2 aliphatic carbocycles. The maximum atomic E-state index is 15.1. The van der Waals surface area contributed by atoms with E-state index >= 15 is 4.79 Å². The third-order valence-electron chi connectivity index (χ3n) is 16.3. The van der Waals surface area contributed by atoms with Gasteiger partial charge in [0, 0.05) is 70.4 Å². The van der Waals surface area contributed by atoms with Crippen LogP contribution in [0.4, 0.5) is 11.4 Å². The summed E-state index contributed by atoms with van der Waals surface area (Å²) in [5.74, 6) is -0.985. The van der Waals surface area contributed by atoms with Gasteiger partial charge in [-0.1, -0.05) is 159 Å². The van der Waals surface area contributed by atoms with Crippen molar-refractivity contribution in [1.82, 2.24) is 4.90 Å². The molecule has 8 nitrogen and oxygen atoms in total. The van der Waals surface area contributed by atoms with Crippen molar-refractivity contribution in [2.24, 2.45) is 22.2 Å². The minimum atomic E-state index is -0.288. The molecule has 5 rings (SSSR count). The van der Waals surface area contributed by atoms with Crippen LogP contribution < -0.4 is 10.2 Å². The summed E-state index contributed by atoms with van der Waals surface area (Å²) >= 11 is 0. The Morgan fingerprint density at radius 2 is 1.21 bits per heavy atom. The van der Waals surface area contributed by atoms with Gasteiger partial charge in [0.05, 0.1) is 22.5 Å². The Labute approximate surface area is 401 Å². The van der Waals surface area contributed by atoms with Gasteiger partial charge in [0.2, 0.25) is 17.6 Å². The van der Waals surface area contributed by atoms with Crippen LogP contribution >= 0.6 is 0 Å². The van der Waals surface area contributed by atoms with E-state index in [4.69, 9.17) is 4.99 Å². The van der Waals surface area contributed by atoms with Crippen molar-refractivity contribution in [2.75, 3.05) is 23.3 Å². The third kappa shape index (κ3) is 11.3. The number of fused-ring (bicyclic) bond motifs is 2. The molecule has 4 atom stereocenters. The lowest BCUT2D eigenvalue weighted by atomic mass is 9.73. The van der Waals surface area contributed by atoms with Crippen LogP contribution in [-0.2, 0) is 19.8 Å². The molecule has 0 bridgehead atoms. The van der Waals surface area contributed by atoms with E-state index in [0.29, 0.717) is 29.0 Å². The molecule has 66 heavy (non-hydrogen) atoms. The lowest BCUT2D eigenvalue weighted by Crippen LogP contribution is -2.39. The van der Waals surface area contributed by atoms with Crippen molar-refractivity contribution in [1.29, 1.82) is 0 Å². The fraction of sp³-hybridized carbons (Fsp3) is 0.690. The Morgan fingerprint density at radius 3 is 1.77 bits per heavy atom. The number of ketones is 1. The molecule has 4 unspecified atom stereocenters. The Morgan fingerprint density at radius 1 is 0.682 bits per heavy atom. The van der Waals surface area contributed by atoms with Crippen LogP contribution in [0.2, 0.25) is 0 Å². The normalized spacial score (nSPS) is 22.3. The number of allylic oxidation sites excluding steroid dienone is 6. The molecule has 0 saturated carbocycles. The van der Waals surface area contributed by atoms with Gasteiger partial charge in [-0.15, -0.1) is 0 Å². The number of hydrogen-bond donors (Lipinski definition) is 2. The largest absolute Gasteiger partial charge is 0.506 e. The predicted octanol–water partition coefficient (Wildman–Crippen LogP) is 14.9. The molecule has 1 fully saturated rings. The molecule has 1 saturated heterocycles. The van der Waals surface area contributed by atoms with Gasteiger partial charge in [-0.2, -0.15) is 0 Å². The first kappa shape index (κ1) is 53.0. The SMILES string of the molecule is CCCCCCCCN1C2=CC(=NC(=O)C(CC)CCCC)/C(=C3/C(=O)C(c4cc5c(cc4NC(=O)C(CC)CCCC)N(CCCCCCCC)C(C)C5(C)C)=C3O)C=C2C(C)(C)C1C. The number of aliphatic hydroxyl groups is 1. The number of nitrogens with zero attached hydrogens (tertiary/aromatic N) is 3. The Bertz CT molecular complexity index is 2050. The number of carbonyl (C=O) groups excluding carboxylic acids is 3. The number of rotatable bonds is 26. The molecule has 8 heteroatoms. The summed E-state index contributed by atoms with van der Waals surface area (Å²) in [6.45, 7) is 28.3. The van der Waals surface area contributed by atoms with Crippen LogP contribution in [0.25, 0.3) is 5.57 Å². The average Bonchev–Trinajstić information content (AvgIpc) is 3.58. The van der Waals surface area contributed by atoms with Crippen molar-refractivity contribution in [3.63, 3.8) is 0 Å². The van der Waals surface area contributed by atoms with E-state index in [9.17, 15) is 14.7 Å². The van der Waals surface area contributed by atoms with E-state index in [0.717, 1.165) is 93.4 Å². The first-order valence-corrected chi connectivity index (χ1v) is 26.9. The fourth-order valence-corrected chi connectivity index (χ4v) is 10.9. The summed E-state index contributed by atoms with van der Waals surface area (Å²) in [5.41, 5.74) is 6.36. The van der Waals surface area contributed by atoms with Crippen LogP contribution in [0.3, 0.4) is 0 Å². The highest BCUT2D eigenvalue weighted by Crippen LogP contribution is 2.53. The second-order valence-corrected chi connectivity index (χ2v) is 21.4. The van der Waals surface area contributed by atoms with Gasteiger partial charge < -0.3 is 20.2 Å². The van der Waals surface area contributed by atoms with E-state index in [1.54, 1.807) is 0 Å². The quantitative estimate of drug-likeness (QED) is 0.0709. The number of aliphatic hydroxyl groups excluding tert-OH is 1. The van der Waals surface area contributed by atoms with E-state index in [1.807, 2.05) is 13.0 Å². The molecule has 0 spiro atoms. The molecule has 2 amide bonds. The third-order valence-corrected chi connectivity index (χ3v) is 16.3. The zero-order valence-corrected chi connectivity index (χ0v) is 43.7. The average molecular weight is 907 g/mol. The zero-order chi connectivity index (χ0) is 48.3. The molecule has 0 aromatic heterocycles. The first-order chi connectivity index (χ1) is 31.5. The minimum absolute atomic E-state index is 0.0513. The van der Waals surface area contributed by atoms with Crippen molar-refractivity contribution in [3.8, 4) is 0 Å². The zero-order valence-electron chi connectivity index (χ0n) is 43.7. The summed E-state index contributed by atoms with van der Waals surface area (Å²) in [4.78, 5) is 53.2. The van der Waals surface area contributed by atoms with Gasteiger partial charge in [0.1, 0.15) is 5.76 Å². The van der Waals surface area contributed by atoms with Crippen LogP contribution in [0.5, 0.6) is 0 Å². The summed E-state index contributed by atoms with van der Waals surface area (Å²) in [6, 6.07) is 4.55. The Kier molecular flexibility index (Phi) is 19.2. The maximum Gasteiger partial charge on any atom is 0.249 e. The van der Waals surface area contributed by atoms with Crippen molar-refractivity contribution < 1.29 is 19.5 Å². The highest BCUT2D eigenvalue weighted by Gasteiger charge is 2.49. The minimum Gasteiger partial charge on any atom is -0.506 e. The van der Waals surface area contributed by atoms with Gasteiger partial charge in [-0.05, 0) is 87.8 Å². The second-order valence-electron chi connectivity index (χ2n) is 21.4. The Hall–Kier alpha value is -3.94. The number of likely N-dealkylation sites (tertiary alicyclic amines) is 1. The Balaban J connectivity index is 1.65. The van der Waals surface area contributed by atoms with Crippen LogP contribution in [0.1, 0.15) is 223 Å². The molecule has 2 N–H and O–H groups in total. The highest BCUT2D eigenvalue weighted by atomic mass is 16.3. The predicted molar refractivity (Wildman–Crippen MR) is 278 cm³/mol. The monoisotopic (exact) mass is 907 g/mol. The highest BCUT2D eigenvalue weighted by molar-refractivity contribution is 6.42. The number of carbonyl (C=O) groups is 3. The molecule has 1 aromatic rings. The number of hydrogen-bond acceptors (Lipinski definition) is 6. The fourth-order valence-electron chi connectivity index (χ4n) is 10.9. The van der Waals surface area contributed by atoms with Gasteiger partial charge in [-0.25, -0.2) is 4.99 Å². The summed E-state index contributed by atoms with van der Waals surface area (Å²) in [7, 11) is 0. The van der Waals surface area contributed by atoms with E-state index < -0.39 is 0 Å². The van der Waals surface area contributed by atoms with E-state index in [-0.39, 0.29) is 69.3 Å². The van der Waals surface area contributed by atoms with Crippen molar-refractivity contribution in [3.05, 3.63) is 63.6 Å². The van der Waals surface area contributed by atoms with Gasteiger partial charge in [0.25, 0.3) is 0 Å². The standard InChI is InChI=1S/C58H90N4O4/c1-13-19-23-25-27-29-33-61-39(7)57(9,10)45-35-43(47(37-49(45)61)59-55(65)41(17-5)31-21-15-3)51-53(63)52(54(51)64)44-36-46-50(38-48(44)60-56(66)42(18-6)32-22-16-4)62(40(8)58(46,11)12)34-30-28-26-24-20-14-2/h35-42,63H,13-34H2,1-12H3,(H,59,65)/b52-44+,60-48?. The number of unbranched alkanes of at least 4 members (excludes halogenated alkanes) is 12. The summed E-state index contributed by atoms with van der Waals surface area (Å²) in [5, 5.41) is 15.8. The number of aliphatic imine (C=N–C) groups is 1. The maximum absolute atomic E-state index is 15.1. The number of nitrogens with one attached hydrogen (secondary N) is 1. The van der Waals surface area contributed by atoms with Gasteiger partial charge in [0.15, 0.2) is 0 Å². The lowest BCUT2D eigenvalue weighted by Gasteiger charge is -2.31. The molecule has 366 valence electrons. The molecule has 2 heterocycles. The number of benzene rings is 1. The van der Waals surface area contributed by atoms with Crippen LogP contribution in [0, 0.1) is 17.3 Å². The lowest BCUT2D eigenvalue weighted by molar-refractivity contribution is -0.122. The molecule has 4 aliphatic rings. The summed E-state index contributed by atoms with van der Waals surface area (Å²) < 4.78 is 0. The molecular weight excluding hydrogens is 817 g/mol. The molecular formula is C58H90N4O4. The van der Waals surface area contributed by atoms with E-state index in [2.05, 4.69) is 109 Å². The molecule has 0 radical (unpaired) electrons. The second kappa shape index (κ2) is 23.9. The number of anilines is 2. The molecule has 1 aromatic carbocycles. The van der Waals surface area contributed by atoms with Gasteiger partial charge in [-0.3, -0.25) is 14.4 Å². The van der Waals surface area contributed by atoms with Crippen LogP contribution in [0.15, 0.2) is 57.5 Å². The number of amides is 2. The van der Waals surface area contributed by atoms with Gasteiger partial charge >= 0.3 is 0 Å². The molecule has 2 aliphatic heterocycles. The number of Topliss-reactive ketones (excluding diaryl/α,β-unsaturated/α-hetero) is 1.